The minimum atomic E-state index is -4.48. The summed E-state index contributed by atoms with van der Waals surface area (Å²) >= 11 is 0. The van der Waals surface area contributed by atoms with E-state index in [9.17, 15) is 22.4 Å². The van der Waals surface area contributed by atoms with Crippen LogP contribution in [0.4, 0.5) is 23.2 Å². The summed E-state index contributed by atoms with van der Waals surface area (Å²) in [5.74, 6) is -4.33. The van der Waals surface area contributed by atoms with Gasteiger partial charge in [0.05, 0.1) is 29.4 Å². The minimum absolute atomic E-state index is 0.215. The fourth-order valence-electron chi connectivity index (χ4n) is 6.68. The van der Waals surface area contributed by atoms with Crippen LogP contribution in [0.15, 0.2) is 78.0 Å². The number of fused-ring (bicyclic) bond motifs is 4. The zero-order chi connectivity index (χ0) is 26.7. The summed E-state index contributed by atoms with van der Waals surface area (Å²) in [5, 5.41) is 7.29. The molecule has 1 unspecified atom stereocenters. The van der Waals surface area contributed by atoms with Gasteiger partial charge in [-0.3, -0.25) is 4.79 Å². The number of rotatable bonds is 3. The van der Waals surface area contributed by atoms with E-state index in [1.165, 1.54) is 12.1 Å². The number of nitrogens with one attached hydrogen (secondary N) is 1. The fraction of sp³-hybridized carbons (Fsp3) is 0.333. The molecule has 1 aromatic heterocycles. The SMILES string of the molecule is C[C@]12Cc3cnn(-c4ccc(F)cc4)c3C=C1CCC1C2=CC[C@@H](C(F)(F)F)[C@@H]1C(=O)Nc1ccccc1. The molecule has 4 nitrogen and oxygen atoms in total. The number of hydrogen-bond donors (Lipinski definition) is 1. The van der Waals surface area contributed by atoms with Crippen molar-refractivity contribution in [3.8, 4) is 5.69 Å². The number of allylic oxidation sites excluding steroid dienone is 3. The van der Waals surface area contributed by atoms with Crippen molar-refractivity contribution < 1.29 is 22.4 Å². The number of benzene rings is 2. The molecule has 3 aromatic rings. The van der Waals surface area contributed by atoms with Crippen LogP contribution in [0.5, 0.6) is 0 Å². The molecule has 1 fully saturated rings. The number of para-hydroxylation sites is 1. The highest BCUT2D eigenvalue weighted by atomic mass is 19.4. The Morgan fingerprint density at radius 2 is 1.84 bits per heavy atom. The molecule has 196 valence electrons. The number of halogens is 4. The monoisotopic (exact) mass is 521 g/mol. The van der Waals surface area contributed by atoms with Crippen LogP contribution in [0, 0.1) is 29.0 Å². The Morgan fingerprint density at radius 1 is 1.11 bits per heavy atom. The van der Waals surface area contributed by atoms with Gasteiger partial charge in [-0.15, -0.1) is 0 Å². The summed E-state index contributed by atoms with van der Waals surface area (Å²) in [4.78, 5) is 13.4. The van der Waals surface area contributed by atoms with Gasteiger partial charge in [-0.25, -0.2) is 9.07 Å². The predicted octanol–water partition coefficient (Wildman–Crippen LogP) is 7.13. The van der Waals surface area contributed by atoms with E-state index in [0.717, 1.165) is 28.1 Å². The highest BCUT2D eigenvalue weighted by Crippen LogP contribution is 2.59. The van der Waals surface area contributed by atoms with Crippen molar-refractivity contribution >= 4 is 17.7 Å². The number of carbonyl (C=O) groups excluding carboxylic acids is 1. The molecule has 1 amide bonds. The first-order valence-corrected chi connectivity index (χ1v) is 12.8. The van der Waals surface area contributed by atoms with E-state index in [2.05, 4.69) is 23.4 Å². The summed E-state index contributed by atoms with van der Waals surface area (Å²) in [5.41, 5.74) is 4.68. The molecule has 6 rings (SSSR count). The molecule has 1 saturated carbocycles. The number of hydrogen-bond acceptors (Lipinski definition) is 2. The van der Waals surface area contributed by atoms with Crippen LogP contribution in [-0.4, -0.2) is 21.9 Å². The lowest BCUT2D eigenvalue weighted by Crippen LogP contribution is -2.49. The standard InChI is InChI=1S/C30H27F4N3O/c1-29-16-18-17-35-37(22-10-8-20(31)9-11-22)26(18)15-19(29)7-12-23-24(29)13-14-25(30(32,33)34)27(23)28(38)36-21-5-3-2-4-6-21/h2-6,8-11,13,15,17,23,25,27H,7,12,14,16H2,1H3,(H,36,38)/t23?,25-,27-,29+/m1/s1. The summed E-state index contributed by atoms with van der Waals surface area (Å²) in [6.07, 6.45) is 2.56. The number of alkyl halides is 3. The van der Waals surface area contributed by atoms with Gasteiger partial charge >= 0.3 is 6.18 Å². The van der Waals surface area contributed by atoms with E-state index in [0.29, 0.717) is 24.9 Å². The Hall–Kier alpha value is -3.68. The number of aromatic nitrogens is 2. The maximum atomic E-state index is 14.2. The molecule has 38 heavy (non-hydrogen) atoms. The Labute approximate surface area is 218 Å². The number of amides is 1. The van der Waals surface area contributed by atoms with Crippen molar-refractivity contribution in [3.63, 3.8) is 0 Å². The lowest BCUT2D eigenvalue weighted by molar-refractivity contribution is -0.196. The molecule has 4 atom stereocenters. The van der Waals surface area contributed by atoms with E-state index in [-0.39, 0.29) is 12.2 Å². The van der Waals surface area contributed by atoms with Crippen LogP contribution in [0.2, 0.25) is 0 Å². The van der Waals surface area contributed by atoms with Gasteiger partial charge in [0.25, 0.3) is 0 Å². The Kier molecular flexibility index (Phi) is 5.81. The first kappa shape index (κ1) is 24.6. The molecule has 0 radical (unpaired) electrons. The van der Waals surface area contributed by atoms with Gasteiger partial charge in [-0.1, -0.05) is 42.3 Å². The average Bonchev–Trinajstić information content (AvgIpc) is 3.29. The Bertz CT molecular complexity index is 1440. The first-order chi connectivity index (χ1) is 18.1. The maximum Gasteiger partial charge on any atom is 0.392 e. The highest BCUT2D eigenvalue weighted by molar-refractivity contribution is 5.93. The number of carbonyl (C=O) groups is 1. The second kappa shape index (κ2) is 8.96. The van der Waals surface area contributed by atoms with Crippen LogP contribution in [0.1, 0.15) is 37.4 Å². The third-order valence-corrected chi connectivity index (χ3v) is 8.51. The van der Waals surface area contributed by atoms with Crippen LogP contribution < -0.4 is 5.32 Å². The van der Waals surface area contributed by atoms with Crippen LogP contribution in [0.3, 0.4) is 0 Å². The van der Waals surface area contributed by atoms with Crippen molar-refractivity contribution in [2.24, 2.45) is 23.2 Å². The molecule has 3 aliphatic carbocycles. The second-order valence-electron chi connectivity index (χ2n) is 10.7. The molecule has 1 heterocycles. The lowest BCUT2D eigenvalue weighted by Gasteiger charge is -2.50. The summed E-state index contributed by atoms with van der Waals surface area (Å²) < 4.78 is 57.9. The normalized spacial score (nSPS) is 26.4. The predicted molar refractivity (Wildman–Crippen MR) is 137 cm³/mol. The first-order valence-electron chi connectivity index (χ1n) is 12.8. The molecule has 0 spiro atoms. The third kappa shape index (κ3) is 4.06. The van der Waals surface area contributed by atoms with E-state index in [1.807, 2.05) is 0 Å². The number of anilines is 1. The third-order valence-electron chi connectivity index (χ3n) is 8.51. The largest absolute Gasteiger partial charge is 0.392 e. The zero-order valence-electron chi connectivity index (χ0n) is 20.8. The molecular weight excluding hydrogens is 494 g/mol. The van der Waals surface area contributed by atoms with Gasteiger partial charge < -0.3 is 5.32 Å². The topological polar surface area (TPSA) is 46.9 Å². The van der Waals surface area contributed by atoms with Crippen molar-refractivity contribution in [1.29, 1.82) is 0 Å². The van der Waals surface area contributed by atoms with E-state index in [1.54, 1.807) is 59.4 Å². The van der Waals surface area contributed by atoms with Crippen molar-refractivity contribution in [3.05, 3.63) is 95.1 Å². The minimum Gasteiger partial charge on any atom is -0.326 e. The van der Waals surface area contributed by atoms with Gasteiger partial charge in [-0.05, 0) is 79.6 Å². The lowest BCUT2D eigenvalue weighted by atomic mass is 9.54. The zero-order valence-corrected chi connectivity index (χ0v) is 20.8. The molecule has 2 aromatic carbocycles. The van der Waals surface area contributed by atoms with Crippen LogP contribution in [-0.2, 0) is 11.2 Å². The van der Waals surface area contributed by atoms with Gasteiger partial charge in [-0.2, -0.15) is 18.3 Å². The van der Waals surface area contributed by atoms with E-state index in [4.69, 9.17) is 0 Å². The molecule has 0 saturated heterocycles. The van der Waals surface area contributed by atoms with Gasteiger partial charge in [0.15, 0.2) is 0 Å². The Balaban J connectivity index is 1.36. The Morgan fingerprint density at radius 3 is 2.55 bits per heavy atom. The smallest absolute Gasteiger partial charge is 0.326 e. The molecule has 0 aliphatic heterocycles. The summed E-state index contributed by atoms with van der Waals surface area (Å²) in [7, 11) is 0. The second-order valence-corrected chi connectivity index (χ2v) is 10.7. The van der Waals surface area contributed by atoms with E-state index < -0.39 is 35.3 Å². The molecule has 1 N–H and O–H groups in total. The average molecular weight is 522 g/mol. The number of nitrogens with zero attached hydrogens (tertiary/aromatic N) is 2. The van der Waals surface area contributed by atoms with E-state index >= 15 is 0 Å². The van der Waals surface area contributed by atoms with Crippen molar-refractivity contribution in [1.82, 2.24) is 9.78 Å². The maximum absolute atomic E-state index is 14.2. The quantitative estimate of drug-likeness (QED) is 0.294. The summed E-state index contributed by atoms with van der Waals surface area (Å²) in [6.45, 7) is 2.08. The van der Waals surface area contributed by atoms with Gasteiger partial charge in [0, 0.05) is 11.1 Å². The molecule has 8 heteroatoms. The fourth-order valence-corrected chi connectivity index (χ4v) is 6.68. The van der Waals surface area contributed by atoms with Crippen molar-refractivity contribution in [2.45, 2.75) is 38.8 Å². The van der Waals surface area contributed by atoms with Crippen LogP contribution in [0.25, 0.3) is 11.8 Å². The van der Waals surface area contributed by atoms with Gasteiger partial charge in [0.1, 0.15) is 5.82 Å². The summed E-state index contributed by atoms with van der Waals surface area (Å²) in [6, 6.07) is 14.8. The molecule has 3 aliphatic rings. The highest BCUT2D eigenvalue weighted by Gasteiger charge is 2.56. The van der Waals surface area contributed by atoms with Crippen LogP contribution >= 0.6 is 0 Å². The van der Waals surface area contributed by atoms with Crippen molar-refractivity contribution in [2.75, 3.05) is 5.32 Å². The molecular formula is C30H27F4N3O. The van der Waals surface area contributed by atoms with Gasteiger partial charge in [0.2, 0.25) is 5.91 Å². The molecule has 0 bridgehead atoms.